The van der Waals surface area contributed by atoms with Gasteiger partial charge in [0, 0.05) is 31.1 Å². The fourth-order valence-electron chi connectivity index (χ4n) is 6.63. The molecule has 1 heterocycles. The highest BCUT2D eigenvalue weighted by atomic mass is 35.5. The number of carboxylic acid groups (broad SMARTS) is 1. The summed E-state index contributed by atoms with van der Waals surface area (Å²) in [6, 6.07) is 20.6. The van der Waals surface area contributed by atoms with Gasteiger partial charge in [-0.2, -0.15) is 0 Å². The Hall–Kier alpha value is -4.61. The molecule has 1 fully saturated rings. The quantitative estimate of drug-likeness (QED) is 0.254. The first kappa shape index (κ1) is 33.7. The fraction of sp³-hybridized carbons (Fsp3) is 0.371. The predicted octanol–water partition coefficient (Wildman–Crippen LogP) is 4.26. The van der Waals surface area contributed by atoms with Gasteiger partial charge < -0.3 is 35.4 Å². The smallest absolute Gasteiger partial charge is 0.407 e. The summed E-state index contributed by atoms with van der Waals surface area (Å²) in [7, 11) is 1.55. The molecule has 1 saturated heterocycles. The molecule has 1 aliphatic carbocycles. The van der Waals surface area contributed by atoms with Crippen molar-refractivity contribution in [2.75, 3.05) is 33.4 Å². The number of nitrogens with zero attached hydrogens (tertiary/aromatic N) is 2. The van der Waals surface area contributed by atoms with Crippen LogP contribution in [0.2, 0.25) is 5.02 Å². The number of halogens is 1. The molecule has 3 aromatic rings. The number of likely N-dealkylation sites (N-methyl/N-ethyl adjacent to an activating group) is 1. The molecule has 0 spiro atoms. The van der Waals surface area contributed by atoms with E-state index in [1.807, 2.05) is 60.7 Å². The van der Waals surface area contributed by atoms with Crippen LogP contribution in [0.5, 0.6) is 0 Å². The number of aliphatic hydroxyl groups is 1. The monoisotopic (exact) mass is 662 g/mol. The Kier molecular flexibility index (Phi) is 10.4. The van der Waals surface area contributed by atoms with E-state index in [0.29, 0.717) is 30.8 Å². The molecule has 12 heteroatoms. The molecule has 3 aromatic carbocycles. The van der Waals surface area contributed by atoms with Crippen LogP contribution in [-0.2, 0) is 20.7 Å². The minimum absolute atomic E-state index is 0.0546. The van der Waals surface area contributed by atoms with Crippen molar-refractivity contribution in [3.8, 4) is 11.1 Å². The van der Waals surface area contributed by atoms with Crippen molar-refractivity contribution in [2.24, 2.45) is 0 Å². The average Bonchev–Trinajstić information content (AvgIpc) is 3.40. The predicted molar refractivity (Wildman–Crippen MR) is 176 cm³/mol. The van der Waals surface area contributed by atoms with Crippen LogP contribution in [0.15, 0.2) is 72.8 Å². The van der Waals surface area contributed by atoms with Crippen LogP contribution in [-0.4, -0.2) is 95.0 Å². The van der Waals surface area contributed by atoms with Gasteiger partial charge in [0.1, 0.15) is 18.7 Å². The molecule has 47 heavy (non-hydrogen) atoms. The van der Waals surface area contributed by atoms with Crippen LogP contribution < -0.4 is 10.6 Å². The molecule has 0 aromatic heterocycles. The van der Waals surface area contributed by atoms with Crippen molar-refractivity contribution in [3.05, 3.63) is 94.5 Å². The zero-order valence-electron chi connectivity index (χ0n) is 26.3. The van der Waals surface area contributed by atoms with Crippen molar-refractivity contribution in [2.45, 2.75) is 49.7 Å². The molecule has 0 saturated carbocycles. The summed E-state index contributed by atoms with van der Waals surface area (Å²) in [5, 5.41) is 25.5. The van der Waals surface area contributed by atoms with Gasteiger partial charge in [-0.15, -0.1) is 0 Å². The lowest BCUT2D eigenvalue weighted by Gasteiger charge is -2.48. The number of aliphatic hydroxyl groups excluding tert-OH is 1. The number of alkyl carbamates (subject to hydrolysis) is 1. The standard InChI is InChI=1S/C35H39ClN4O7/c1-22(37-33(44)47-20-29-27-10-5-3-8-25(27)26-9-4-6-11-28(26)29)31(42)38-30(19-41)32(43)39(2)35(16-7-17-40(21-35)34(45)46)18-23-12-14-24(36)15-13-23/h3-6,8-15,22,29-30,41H,7,16-21H2,1-2H3,(H,37,44)(H,38,42)(H,45,46). The number of piperidine rings is 1. The summed E-state index contributed by atoms with van der Waals surface area (Å²) in [6.45, 7) is 1.21. The maximum absolute atomic E-state index is 13.8. The molecule has 1 aliphatic heterocycles. The highest BCUT2D eigenvalue weighted by Crippen LogP contribution is 2.44. The number of carbonyl (C=O) groups is 4. The van der Waals surface area contributed by atoms with Gasteiger partial charge in [-0.3, -0.25) is 9.59 Å². The van der Waals surface area contributed by atoms with E-state index in [4.69, 9.17) is 16.3 Å². The van der Waals surface area contributed by atoms with E-state index in [0.717, 1.165) is 27.8 Å². The third kappa shape index (κ3) is 7.36. The summed E-state index contributed by atoms with van der Waals surface area (Å²) < 4.78 is 5.55. The van der Waals surface area contributed by atoms with Crippen LogP contribution in [0.1, 0.15) is 42.4 Å². The number of amides is 4. The molecular formula is C35H39ClN4O7. The van der Waals surface area contributed by atoms with Crippen LogP contribution in [0.4, 0.5) is 9.59 Å². The second kappa shape index (κ2) is 14.4. The first-order valence-electron chi connectivity index (χ1n) is 15.6. The van der Waals surface area contributed by atoms with Crippen molar-refractivity contribution >= 4 is 35.6 Å². The Balaban J connectivity index is 1.21. The summed E-state index contributed by atoms with van der Waals surface area (Å²) >= 11 is 6.06. The molecule has 3 atom stereocenters. The Bertz CT molecular complexity index is 1590. The van der Waals surface area contributed by atoms with Crippen LogP contribution in [0.3, 0.4) is 0 Å². The lowest BCUT2D eigenvalue weighted by atomic mass is 9.81. The molecule has 4 N–H and O–H groups in total. The molecule has 2 aliphatic rings. The fourth-order valence-corrected chi connectivity index (χ4v) is 6.75. The van der Waals surface area contributed by atoms with E-state index in [-0.39, 0.29) is 19.1 Å². The maximum atomic E-state index is 13.8. The van der Waals surface area contributed by atoms with Gasteiger partial charge in [0.15, 0.2) is 0 Å². The number of hydrogen-bond donors (Lipinski definition) is 4. The van der Waals surface area contributed by atoms with E-state index < -0.39 is 48.2 Å². The zero-order chi connectivity index (χ0) is 33.7. The number of rotatable bonds is 10. The van der Waals surface area contributed by atoms with Gasteiger partial charge in [0.2, 0.25) is 11.8 Å². The third-order valence-electron chi connectivity index (χ3n) is 9.18. The van der Waals surface area contributed by atoms with Crippen LogP contribution in [0, 0.1) is 0 Å². The molecule has 11 nitrogen and oxygen atoms in total. The topological polar surface area (TPSA) is 149 Å². The Morgan fingerprint density at radius 1 is 1.00 bits per heavy atom. The molecule has 3 unspecified atom stereocenters. The second-order valence-electron chi connectivity index (χ2n) is 12.2. The van der Waals surface area contributed by atoms with Gasteiger partial charge in [-0.05, 0) is 66.1 Å². The van der Waals surface area contributed by atoms with Crippen LogP contribution in [0.25, 0.3) is 11.1 Å². The van der Waals surface area contributed by atoms with Crippen LogP contribution >= 0.6 is 11.6 Å². The minimum Gasteiger partial charge on any atom is -0.465 e. The first-order valence-corrected chi connectivity index (χ1v) is 15.9. The summed E-state index contributed by atoms with van der Waals surface area (Å²) in [4.78, 5) is 54.3. The lowest BCUT2D eigenvalue weighted by molar-refractivity contribution is -0.143. The van der Waals surface area contributed by atoms with Gasteiger partial charge >= 0.3 is 12.2 Å². The van der Waals surface area contributed by atoms with Crippen molar-refractivity contribution < 1.29 is 34.1 Å². The number of ether oxygens (including phenoxy) is 1. The van der Waals surface area contributed by atoms with Gasteiger partial charge in [0.05, 0.1) is 12.1 Å². The SMILES string of the molecule is CC(NC(=O)OCC1c2ccccc2-c2ccccc21)C(=O)NC(CO)C(=O)N(C)C1(Cc2ccc(Cl)cc2)CCCN(C(=O)O)C1. The number of hydrogen-bond acceptors (Lipinski definition) is 6. The van der Waals surface area contributed by atoms with E-state index in [9.17, 15) is 29.4 Å². The number of likely N-dealkylation sites (tertiary alicyclic amines) is 1. The number of nitrogens with one attached hydrogen (secondary N) is 2. The second-order valence-corrected chi connectivity index (χ2v) is 12.6. The molecule has 0 bridgehead atoms. The molecule has 5 rings (SSSR count). The average molecular weight is 663 g/mol. The Morgan fingerprint density at radius 3 is 2.21 bits per heavy atom. The van der Waals surface area contributed by atoms with Gasteiger partial charge in [0.25, 0.3) is 0 Å². The van der Waals surface area contributed by atoms with Crippen molar-refractivity contribution in [1.82, 2.24) is 20.4 Å². The van der Waals surface area contributed by atoms with E-state index in [1.54, 1.807) is 19.2 Å². The van der Waals surface area contributed by atoms with E-state index in [2.05, 4.69) is 10.6 Å². The third-order valence-corrected chi connectivity index (χ3v) is 9.43. The summed E-state index contributed by atoms with van der Waals surface area (Å²) in [5.41, 5.74) is 4.21. The number of carbonyl (C=O) groups excluding carboxylic acids is 3. The normalized spacial score (nSPS) is 18.3. The highest BCUT2D eigenvalue weighted by Gasteiger charge is 2.44. The summed E-state index contributed by atoms with van der Waals surface area (Å²) in [6.07, 6.45) is -0.521. The minimum atomic E-state index is -1.33. The van der Waals surface area contributed by atoms with Crippen molar-refractivity contribution in [1.29, 1.82) is 0 Å². The number of fused-ring (bicyclic) bond motifs is 3. The zero-order valence-corrected chi connectivity index (χ0v) is 27.1. The number of benzene rings is 3. The molecule has 4 amide bonds. The van der Waals surface area contributed by atoms with E-state index >= 15 is 0 Å². The van der Waals surface area contributed by atoms with Crippen molar-refractivity contribution in [3.63, 3.8) is 0 Å². The molecule has 0 radical (unpaired) electrons. The first-order chi connectivity index (χ1) is 22.5. The lowest BCUT2D eigenvalue weighted by Crippen LogP contribution is -2.64. The molecular weight excluding hydrogens is 624 g/mol. The maximum Gasteiger partial charge on any atom is 0.407 e. The Morgan fingerprint density at radius 2 is 1.62 bits per heavy atom. The Labute approximate surface area is 278 Å². The largest absolute Gasteiger partial charge is 0.465 e. The highest BCUT2D eigenvalue weighted by molar-refractivity contribution is 6.30. The van der Waals surface area contributed by atoms with E-state index in [1.165, 1.54) is 16.7 Å². The molecule has 248 valence electrons. The van der Waals surface area contributed by atoms with Gasteiger partial charge in [-0.1, -0.05) is 72.3 Å². The summed E-state index contributed by atoms with van der Waals surface area (Å²) in [5.74, 6) is -1.43. The van der Waals surface area contributed by atoms with Gasteiger partial charge in [-0.25, -0.2) is 9.59 Å².